The van der Waals surface area contributed by atoms with E-state index in [0.29, 0.717) is 4.88 Å². The summed E-state index contributed by atoms with van der Waals surface area (Å²) in [5, 5.41) is 13.0. The second-order valence-corrected chi connectivity index (χ2v) is 3.67. The second kappa shape index (κ2) is 4.18. The number of nitrogens with one attached hydrogen (secondary N) is 2. The van der Waals surface area contributed by atoms with E-state index in [0.717, 1.165) is 15.9 Å². The highest BCUT2D eigenvalue weighted by Crippen LogP contribution is 2.12. The molecule has 2 rings (SSSR count). The summed E-state index contributed by atoms with van der Waals surface area (Å²) in [6.45, 7) is -0.252. The van der Waals surface area contributed by atoms with Crippen molar-refractivity contribution in [2.45, 2.75) is 0 Å². The van der Waals surface area contributed by atoms with Crippen LogP contribution in [0.1, 0.15) is 4.88 Å². The van der Waals surface area contributed by atoms with Crippen molar-refractivity contribution in [1.29, 1.82) is 0 Å². The molecular weight excluding hydrogens is 232 g/mol. The van der Waals surface area contributed by atoms with Crippen molar-refractivity contribution in [3.63, 3.8) is 0 Å². The predicted molar refractivity (Wildman–Crippen MR) is 56.6 cm³/mol. The lowest BCUT2D eigenvalue weighted by molar-refractivity contribution is 0.350. The SMILES string of the molecule is O=c1[nH][nH]c(=O)n1-c1ncc(C#CCO)s1. The Morgan fingerprint density at radius 3 is 2.75 bits per heavy atom. The molecular formula is C8H6N4O3S. The predicted octanol–water partition coefficient (Wildman–Crippen LogP) is -1.35. The zero-order chi connectivity index (χ0) is 11.5. The molecule has 0 spiro atoms. The number of rotatable bonds is 1. The Morgan fingerprint density at radius 1 is 1.44 bits per heavy atom. The molecule has 0 aliphatic heterocycles. The Balaban J connectivity index is 2.47. The molecule has 2 heterocycles. The first-order valence-corrected chi connectivity index (χ1v) is 4.99. The van der Waals surface area contributed by atoms with E-state index in [2.05, 4.69) is 27.0 Å². The molecule has 16 heavy (non-hydrogen) atoms. The highest BCUT2D eigenvalue weighted by atomic mass is 32.1. The van der Waals surface area contributed by atoms with Gasteiger partial charge in [0.2, 0.25) is 5.13 Å². The van der Waals surface area contributed by atoms with E-state index in [1.54, 1.807) is 0 Å². The molecule has 8 heteroatoms. The first-order chi connectivity index (χ1) is 7.72. The van der Waals surface area contributed by atoms with Gasteiger partial charge in [-0.1, -0.05) is 23.2 Å². The molecule has 2 aromatic rings. The highest BCUT2D eigenvalue weighted by Gasteiger charge is 2.09. The molecule has 3 N–H and O–H groups in total. The quantitative estimate of drug-likeness (QED) is 0.534. The second-order valence-electron chi connectivity index (χ2n) is 2.66. The van der Waals surface area contributed by atoms with Gasteiger partial charge in [-0.2, -0.15) is 4.57 Å². The molecule has 0 radical (unpaired) electrons. The maximum absolute atomic E-state index is 11.2. The Morgan fingerprint density at radius 2 is 2.12 bits per heavy atom. The summed E-state index contributed by atoms with van der Waals surface area (Å²) in [7, 11) is 0. The summed E-state index contributed by atoms with van der Waals surface area (Å²) in [5.41, 5.74) is -1.16. The average Bonchev–Trinajstić information content (AvgIpc) is 2.83. The summed E-state index contributed by atoms with van der Waals surface area (Å²) >= 11 is 1.09. The van der Waals surface area contributed by atoms with Gasteiger partial charge in [-0.15, -0.1) is 0 Å². The van der Waals surface area contributed by atoms with Gasteiger partial charge in [0.15, 0.2) is 0 Å². The Bertz CT molecular complexity index is 638. The lowest BCUT2D eigenvalue weighted by atomic mass is 10.5. The lowest BCUT2D eigenvalue weighted by Crippen LogP contribution is -2.24. The van der Waals surface area contributed by atoms with Crippen LogP contribution in [0.4, 0.5) is 0 Å². The highest BCUT2D eigenvalue weighted by molar-refractivity contribution is 7.14. The van der Waals surface area contributed by atoms with Crippen LogP contribution in [-0.4, -0.2) is 31.5 Å². The summed E-state index contributed by atoms with van der Waals surface area (Å²) in [4.78, 5) is 26.9. The number of aromatic nitrogens is 4. The smallest absolute Gasteiger partial charge is 0.350 e. The fourth-order valence-electron chi connectivity index (χ4n) is 1.04. The minimum Gasteiger partial charge on any atom is -0.384 e. The number of aliphatic hydroxyl groups excluding tert-OH is 1. The van der Waals surface area contributed by atoms with Crippen LogP contribution in [0.15, 0.2) is 15.8 Å². The molecule has 0 atom stereocenters. The van der Waals surface area contributed by atoms with Crippen LogP contribution < -0.4 is 11.4 Å². The molecule has 0 fully saturated rings. The van der Waals surface area contributed by atoms with Crippen LogP contribution in [0.2, 0.25) is 0 Å². The standard InChI is InChI=1S/C8H6N4O3S/c13-3-1-2-5-4-9-8(16-5)12-6(14)10-11-7(12)15/h4,13H,3H2,(H,10,14)(H,11,15). The number of nitrogens with zero attached hydrogens (tertiary/aromatic N) is 2. The van der Waals surface area contributed by atoms with Crippen molar-refractivity contribution in [3.05, 3.63) is 32.0 Å². The van der Waals surface area contributed by atoms with Crippen LogP contribution >= 0.6 is 11.3 Å². The van der Waals surface area contributed by atoms with Gasteiger partial charge >= 0.3 is 11.4 Å². The van der Waals surface area contributed by atoms with Gasteiger partial charge in [0, 0.05) is 0 Å². The zero-order valence-corrected chi connectivity index (χ0v) is 8.67. The number of thiazole rings is 1. The third-order valence-electron chi connectivity index (χ3n) is 1.66. The Labute approximate surface area is 92.4 Å². The fraction of sp³-hybridized carbons (Fsp3) is 0.125. The van der Waals surface area contributed by atoms with Crippen LogP contribution in [0.3, 0.4) is 0 Å². The van der Waals surface area contributed by atoms with Crippen LogP contribution in [0, 0.1) is 11.8 Å². The molecule has 7 nitrogen and oxygen atoms in total. The molecule has 0 aliphatic rings. The first-order valence-electron chi connectivity index (χ1n) is 4.18. The molecule has 0 saturated heterocycles. The topological polar surface area (TPSA) is 104 Å². The van der Waals surface area contributed by atoms with Gasteiger partial charge in [-0.05, 0) is 0 Å². The van der Waals surface area contributed by atoms with Crippen molar-refractivity contribution in [3.8, 4) is 17.0 Å². The molecule has 0 saturated carbocycles. The number of aliphatic hydroxyl groups is 1. The van der Waals surface area contributed by atoms with Crippen molar-refractivity contribution in [2.75, 3.05) is 6.61 Å². The number of hydrogen-bond donors (Lipinski definition) is 3. The monoisotopic (exact) mass is 238 g/mol. The van der Waals surface area contributed by atoms with Crippen molar-refractivity contribution >= 4 is 11.3 Å². The number of aromatic amines is 2. The molecule has 2 aromatic heterocycles. The van der Waals surface area contributed by atoms with Gasteiger partial charge < -0.3 is 5.11 Å². The summed E-state index contributed by atoms with van der Waals surface area (Å²) < 4.78 is 0.870. The van der Waals surface area contributed by atoms with E-state index in [4.69, 9.17) is 5.11 Å². The van der Waals surface area contributed by atoms with Crippen molar-refractivity contribution in [1.82, 2.24) is 19.7 Å². The molecule has 0 amide bonds. The van der Waals surface area contributed by atoms with E-state index in [1.165, 1.54) is 6.20 Å². The van der Waals surface area contributed by atoms with Gasteiger partial charge in [-0.3, -0.25) is 0 Å². The maximum atomic E-state index is 11.2. The fourth-order valence-corrected chi connectivity index (χ4v) is 1.83. The van der Waals surface area contributed by atoms with Gasteiger partial charge in [0.1, 0.15) is 6.61 Å². The third kappa shape index (κ3) is 1.81. The van der Waals surface area contributed by atoms with Crippen molar-refractivity contribution < 1.29 is 5.11 Å². The summed E-state index contributed by atoms with van der Waals surface area (Å²) in [6, 6.07) is 0. The molecule has 0 unspecified atom stereocenters. The van der Waals surface area contributed by atoms with E-state index >= 15 is 0 Å². The van der Waals surface area contributed by atoms with E-state index in [9.17, 15) is 9.59 Å². The maximum Gasteiger partial charge on any atom is 0.350 e. The van der Waals surface area contributed by atoms with Crippen molar-refractivity contribution in [2.24, 2.45) is 0 Å². The first kappa shape index (κ1) is 10.4. The summed E-state index contributed by atoms with van der Waals surface area (Å²) in [5.74, 6) is 5.08. The lowest BCUT2D eigenvalue weighted by Gasteiger charge is -1.87. The minimum atomic E-state index is -0.582. The molecule has 0 aliphatic carbocycles. The average molecular weight is 238 g/mol. The Kier molecular flexibility index (Phi) is 2.72. The summed E-state index contributed by atoms with van der Waals surface area (Å²) in [6.07, 6.45) is 1.43. The Hall–Kier alpha value is -2.11. The number of H-pyrrole nitrogens is 2. The zero-order valence-electron chi connectivity index (χ0n) is 7.85. The third-order valence-corrected chi connectivity index (χ3v) is 2.56. The van der Waals surface area contributed by atoms with Crippen LogP contribution in [0.5, 0.6) is 0 Å². The number of hydrogen-bond acceptors (Lipinski definition) is 5. The molecule has 0 aromatic carbocycles. The molecule has 82 valence electrons. The van der Waals surface area contributed by atoms with Gasteiger partial charge in [0.05, 0.1) is 11.1 Å². The van der Waals surface area contributed by atoms with E-state index in [-0.39, 0.29) is 11.7 Å². The normalized spacial score (nSPS) is 9.81. The molecule has 0 bridgehead atoms. The minimum absolute atomic E-state index is 0.231. The van der Waals surface area contributed by atoms with Crippen LogP contribution in [0.25, 0.3) is 5.13 Å². The van der Waals surface area contributed by atoms with E-state index in [1.807, 2.05) is 0 Å². The van der Waals surface area contributed by atoms with E-state index < -0.39 is 11.4 Å². The van der Waals surface area contributed by atoms with Gasteiger partial charge in [0.25, 0.3) is 0 Å². The van der Waals surface area contributed by atoms with Gasteiger partial charge in [-0.25, -0.2) is 24.8 Å². The largest absolute Gasteiger partial charge is 0.384 e. The van der Waals surface area contributed by atoms with Crippen LogP contribution in [-0.2, 0) is 0 Å².